The molecule has 0 bridgehead atoms. The fourth-order valence-corrected chi connectivity index (χ4v) is 3.81. The lowest BCUT2D eigenvalue weighted by molar-refractivity contribution is -0.128. The van der Waals surface area contributed by atoms with Gasteiger partial charge in [0, 0.05) is 24.4 Å². The van der Waals surface area contributed by atoms with Gasteiger partial charge in [-0.1, -0.05) is 30.3 Å². The van der Waals surface area contributed by atoms with Crippen molar-refractivity contribution in [2.75, 3.05) is 12.0 Å². The zero-order valence-electron chi connectivity index (χ0n) is 14.0. The van der Waals surface area contributed by atoms with Gasteiger partial charge in [0.05, 0.1) is 11.3 Å². The Kier molecular flexibility index (Phi) is 5.61. The molecule has 1 aliphatic carbocycles. The second kappa shape index (κ2) is 7.19. The molecule has 0 N–H and O–H groups in total. The number of nitrogens with zero attached hydrogens (tertiary/aromatic N) is 1. The van der Waals surface area contributed by atoms with Crippen LogP contribution < -0.4 is 0 Å². The summed E-state index contributed by atoms with van der Waals surface area (Å²) in [4.78, 5) is 13.8. The van der Waals surface area contributed by atoms with Gasteiger partial charge in [-0.15, -0.1) is 0 Å². The van der Waals surface area contributed by atoms with Gasteiger partial charge in [-0.25, -0.2) is 8.42 Å². The summed E-state index contributed by atoms with van der Waals surface area (Å²) in [5.41, 5.74) is -1.13. The molecular formula is C17H20F3NO3S. The summed E-state index contributed by atoms with van der Waals surface area (Å²) in [7, 11) is -3.35. The first-order valence-corrected chi connectivity index (χ1v) is 9.89. The van der Waals surface area contributed by atoms with Gasteiger partial charge in [-0.05, 0) is 25.3 Å². The monoisotopic (exact) mass is 375 g/mol. The van der Waals surface area contributed by atoms with Crippen LogP contribution in [0.5, 0.6) is 0 Å². The van der Waals surface area contributed by atoms with Crippen molar-refractivity contribution in [2.24, 2.45) is 0 Å². The average Bonchev–Trinajstić information content (AvgIpc) is 3.27. The SMILES string of the molecule is CC(CS(C)(=O)=O)N(C(=O)C=C(c1ccccc1)C(F)(F)F)C1CC1. The topological polar surface area (TPSA) is 54.5 Å². The Hall–Kier alpha value is -1.83. The molecule has 2 rings (SSSR count). The Balaban J connectivity index is 2.35. The van der Waals surface area contributed by atoms with E-state index < -0.39 is 33.5 Å². The molecule has 4 nitrogen and oxygen atoms in total. The van der Waals surface area contributed by atoms with E-state index in [1.54, 1.807) is 13.0 Å². The third-order valence-corrected chi connectivity index (χ3v) is 4.96. The third kappa shape index (κ3) is 5.59. The number of sulfone groups is 1. The molecule has 25 heavy (non-hydrogen) atoms. The number of hydrogen-bond acceptors (Lipinski definition) is 3. The van der Waals surface area contributed by atoms with Gasteiger partial charge in [0.25, 0.3) is 0 Å². The first-order chi connectivity index (χ1) is 11.5. The van der Waals surface area contributed by atoms with E-state index in [9.17, 15) is 26.4 Å². The summed E-state index contributed by atoms with van der Waals surface area (Å²) in [5, 5.41) is 0. The number of allylic oxidation sites excluding steroid dienone is 1. The fraction of sp³-hybridized carbons (Fsp3) is 0.471. The van der Waals surface area contributed by atoms with Crippen molar-refractivity contribution in [1.29, 1.82) is 0 Å². The minimum absolute atomic E-state index is 0.102. The maximum Gasteiger partial charge on any atom is 0.417 e. The molecule has 1 amide bonds. The summed E-state index contributed by atoms with van der Waals surface area (Å²) in [5.74, 6) is -1.09. The smallest absolute Gasteiger partial charge is 0.332 e. The van der Waals surface area contributed by atoms with Crippen LogP contribution in [0.15, 0.2) is 36.4 Å². The van der Waals surface area contributed by atoms with Crippen LogP contribution in [0, 0.1) is 0 Å². The van der Waals surface area contributed by atoms with Crippen molar-refractivity contribution in [2.45, 2.75) is 38.0 Å². The van der Waals surface area contributed by atoms with Crippen LogP contribution in [0.4, 0.5) is 13.2 Å². The molecular weight excluding hydrogens is 355 g/mol. The first kappa shape index (κ1) is 19.5. The number of benzene rings is 1. The van der Waals surface area contributed by atoms with Crippen LogP contribution in [0.1, 0.15) is 25.3 Å². The first-order valence-electron chi connectivity index (χ1n) is 7.83. The van der Waals surface area contributed by atoms with Gasteiger partial charge in [0.1, 0.15) is 9.84 Å². The van der Waals surface area contributed by atoms with Crippen molar-refractivity contribution in [1.82, 2.24) is 4.90 Å². The Morgan fingerprint density at radius 3 is 2.28 bits per heavy atom. The molecule has 1 saturated carbocycles. The van der Waals surface area contributed by atoms with Gasteiger partial charge < -0.3 is 4.90 Å². The molecule has 1 unspecified atom stereocenters. The van der Waals surface area contributed by atoms with E-state index in [2.05, 4.69) is 0 Å². The van der Waals surface area contributed by atoms with Crippen molar-refractivity contribution < 1.29 is 26.4 Å². The Morgan fingerprint density at radius 2 is 1.84 bits per heavy atom. The maximum atomic E-state index is 13.4. The standard InChI is InChI=1S/C17H20F3NO3S/c1-12(11-25(2,23)24)21(14-8-9-14)16(22)10-15(17(18,19)20)13-6-4-3-5-7-13/h3-7,10,12,14H,8-9,11H2,1-2H3. The lowest BCUT2D eigenvalue weighted by Crippen LogP contribution is -2.43. The third-order valence-electron chi connectivity index (χ3n) is 3.87. The van der Waals surface area contributed by atoms with Gasteiger partial charge in [0.2, 0.25) is 5.91 Å². The quantitative estimate of drug-likeness (QED) is 0.718. The molecule has 0 spiro atoms. The highest BCUT2D eigenvalue weighted by Crippen LogP contribution is 2.35. The van der Waals surface area contributed by atoms with Crippen LogP contribution >= 0.6 is 0 Å². The summed E-state index contributed by atoms with van der Waals surface area (Å²) in [6.07, 6.45) is -1.74. The Labute approximate surface area is 145 Å². The second-order valence-corrected chi connectivity index (χ2v) is 8.52. The number of halogens is 3. The average molecular weight is 375 g/mol. The van der Waals surface area contributed by atoms with E-state index in [0.717, 1.165) is 6.26 Å². The molecule has 0 aromatic heterocycles. The van der Waals surface area contributed by atoms with E-state index in [1.165, 1.54) is 29.2 Å². The van der Waals surface area contributed by atoms with Crippen LogP contribution in [0.25, 0.3) is 5.57 Å². The van der Waals surface area contributed by atoms with Crippen LogP contribution in [-0.4, -0.2) is 49.5 Å². The van der Waals surface area contributed by atoms with Crippen molar-refractivity contribution in [3.05, 3.63) is 42.0 Å². The molecule has 0 radical (unpaired) electrons. The second-order valence-electron chi connectivity index (χ2n) is 6.34. The Bertz CT molecular complexity index is 753. The molecule has 138 valence electrons. The zero-order valence-corrected chi connectivity index (χ0v) is 14.8. The maximum absolute atomic E-state index is 13.4. The summed E-state index contributed by atoms with van der Waals surface area (Å²) < 4.78 is 63.1. The van der Waals surface area contributed by atoms with E-state index in [4.69, 9.17) is 0 Å². The summed E-state index contributed by atoms with van der Waals surface area (Å²) in [6, 6.07) is 6.20. The lowest BCUT2D eigenvalue weighted by Gasteiger charge is -2.28. The molecule has 0 heterocycles. The van der Waals surface area contributed by atoms with E-state index in [0.29, 0.717) is 18.9 Å². The Morgan fingerprint density at radius 1 is 1.28 bits per heavy atom. The highest BCUT2D eigenvalue weighted by Gasteiger charge is 2.39. The van der Waals surface area contributed by atoms with E-state index >= 15 is 0 Å². The molecule has 1 aliphatic rings. The van der Waals surface area contributed by atoms with Crippen molar-refractivity contribution in [3.8, 4) is 0 Å². The zero-order chi connectivity index (χ0) is 18.8. The highest BCUT2D eigenvalue weighted by molar-refractivity contribution is 7.90. The number of alkyl halides is 3. The fourth-order valence-electron chi connectivity index (χ4n) is 2.77. The largest absolute Gasteiger partial charge is 0.417 e. The molecule has 1 fully saturated rings. The summed E-state index contributed by atoms with van der Waals surface area (Å²) in [6.45, 7) is 1.54. The minimum atomic E-state index is -4.69. The number of rotatable bonds is 6. The van der Waals surface area contributed by atoms with Gasteiger partial charge in [-0.2, -0.15) is 13.2 Å². The number of carbonyl (C=O) groups excluding carboxylic acids is 1. The molecule has 0 aliphatic heterocycles. The van der Waals surface area contributed by atoms with Crippen LogP contribution in [-0.2, 0) is 14.6 Å². The van der Waals surface area contributed by atoms with Gasteiger partial charge in [0.15, 0.2) is 0 Å². The summed E-state index contributed by atoms with van der Waals surface area (Å²) >= 11 is 0. The van der Waals surface area contributed by atoms with Crippen molar-refractivity contribution >= 4 is 21.3 Å². The van der Waals surface area contributed by atoms with Gasteiger partial charge >= 0.3 is 6.18 Å². The highest BCUT2D eigenvalue weighted by atomic mass is 32.2. The van der Waals surface area contributed by atoms with Crippen LogP contribution in [0.2, 0.25) is 0 Å². The minimum Gasteiger partial charge on any atom is -0.332 e. The molecule has 1 aromatic rings. The van der Waals surface area contributed by atoms with Crippen molar-refractivity contribution in [3.63, 3.8) is 0 Å². The number of hydrogen-bond donors (Lipinski definition) is 0. The van der Waals surface area contributed by atoms with E-state index in [-0.39, 0.29) is 17.4 Å². The molecule has 1 atom stereocenters. The molecule has 1 aromatic carbocycles. The van der Waals surface area contributed by atoms with E-state index in [1.807, 2.05) is 0 Å². The number of carbonyl (C=O) groups is 1. The predicted molar refractivity (Wildman–Crippen MR) is 89.5 cm³/mol. The van der Waals surface area contributed by atoms with Gasteiger partial charge in [-0.3, -0.25) is 4.79 Å². The lowest BCUT2D eigenvalue weighted by atomic mass is 10.0. The van der Waals surface area contributed by atoms with Crippen LogP contribution in [0.3, 0.4) is 0 Å². The molecule has 0 saturated heterocycles. The normalized spacial score (nSPS) is 17.2. The predicted octanol–water partition coefficient (Wildman–Crippen LogP) is 3.06. The molecule has 8 heteroatoms. The number of amides is 1.